The molecule has 3 heteroatoms. The number of thioether (sulfide) groups is 1. The SMILES string of the molecule is CCCNC(c1cc(F)ccc1C)C1(C)CCCS1. The fourth-order valence-corrected chi connectivity index (χ4v) is 4.31. The Labute approximate surface area is 120 Å². The molecule has 0 aromatic heterocycles. The van der Waals surface area contributed by atoms with Gasteiger partial charge in [-0.05, 0) is 68.7 Å². The van der Waals surface area contributed by atoms with Gasteiger partial charge in [0.1, 0.15) is 5.82 Å². The van der Waals surface area contributed by atoms with E-state index in [1.165, 1.54) is 24.2 Å². The number of nitrogens with one attached hydrogen (secondary N) is 1. The summed E-state index contributed by atoms with van der Waals surface area (Å²) in [5, 5.41) is 3.65. The highest BCUT2D eigenvalue weighted by atomic mass is 32.2. The van der Waals surface area contributed by atoms with Crippen LogP contribution in [0.5, 0.6) is 0 Å². The predicted octanol–water partition coefficient (Wildman–Crippen LogP) is 4.46. The van der Waals surface area contributed by atoms with E-state index in [2.05, 4.69) is 26.1 Å². The van der Waals surface area contributed by atoms with Gasteiger partial charge in [-0.3, -0.25) is 0 Å². The van der Waals surface area contributed by atoms with Crippen LogP contribution in [0.1, 0.15) is 50.3 Å². The lowest BCUT2D eigenvalue weighted by molar-refractivity contribution is 0.410. The van der Waals surface area contributed by atoms with Crippen LogP contribution in [-0.2, 0) is 0 Å². The zero-order chi connectivity index (χ0) is 13.9. The molecule has 2 unspecified atom stereocenters. The van der Waals surface area contributed by atoms with Gasteiger partial charge in [-0.2, -0.15) is 11.8 Å². The van der Waals surface area contributed by atoms with Crippen molar-refractivity contribution in [2.45, 2.75) is 50.8 Å². The van der Waals surface area contributed by atoms with E-state index in [1.807, 2.05) is 17.8 Å². The summed E-state index contributed by atoms with van der Waals surface area (Å²) < 4.78 is 13.8. The highest BCUT2D eigenvalue weighted by molar-refractivity contribution is 8.00. The third-order valence-electron chi connectivity index (χ3n) is 4.01. The average Bonchev–Trinajstić information content (AvgIpc) is 2.82. The van der Waals surface area contributed by atoms with Crippen molar-refractivity contribution in [1.29, 1.82) is 0 Å². The Hall–Kier alpha value is -0.540. The summed E-state index contributed by atoms with van der Waals surface area (Å²) in [6.45, 7) is 7.56. The second kappa shape index (κ2) is 6.27. The third kappa shape index (κ3) is 3.32. The van der Waals surface area contributed by atoms with Gasteiger partial charge in [0.2, 0.25) is 0 Å². The van der Waals surface area contributed by atoms with Crippen LogP contribution < -0.4 is 5.32 Å². The molecular weight excluding hydrogens is 257 g/mol. The zero-order valence-electron chi connectivity index (χ0n) is 12.1. The van der Waals surface area contributed by atoms with Crippen LogP contribution in [0.4, 0.5) is 4.39 Å². The quantitative estimate of drug-likeness (QED) is 0.855. The van der Waals surface area contributed by atoms with Crippen molar-refractivity contribution in [3.8, 4) is 0 Å². The van der Waals surface area contributed by atoms with Crippen LogP contribution >= 0.6 is 11.8 Å². The summed E-state index contributed by atoms with van der Waals surface area (Å²) in [5.74, 6) is 1.09. The minimum atomic E-state index is -0.129. The Morgan fingerprint density at radius 3 is 2.89 bits per heavy atom. The van der Waals surface area contributed by atoms with Crippen molar-refractivity contribution in [3.05, 3.63) is 35.1 Å². The van der Waals surface area contributed by atoms with Crippen molar-refractivity contribution in [3.63, 3.8) is 0 Å². The summed E-state index contributed by atoms with van der Waals surface area (Å²) in [6.07, 6.45) is 3.57. The van der Waals surface area contributed by atoms with E-state index in [9.17, 15) is 4.39 Å². The first-order chi connectivity index (χ1) is 9.07. The number of hydrogen-bond acceptors (Lipinski definition) is 2. The molecule has 1 heterocycles. The van der Waals surface area contributed by atoms with E-state index in [0.29, 0.717) is 0 Å². The molecule has 0 spiro atoms. The molecule has 1 N–H and O–H groups in total. The fraction of sp³-hybridized carbons (Fsp3) is 0.625. The van der Waals surface area contributed by atoms with Gasteiger partial charge in [-0.25, -0.2) is 4.39 Å². The molecule has 0 bridgehead atoms. The Morgan fingerprint density at radius 2 is 2.26 bits per heavy atom. The van der Waals surface area contributed by atoms with Gasteiger partial charge >= 0.3 is 0 Å². The third-order valence-corrected chi connectivity index (χ3v) is 5.60. The van der Waals surface area contributed by atoms with Crippen LogP contribution in [0.3, 0.4) is 0 Å². The van der Waals surface area contributed by atoms with Crippen molar-refractivity contribution in [1.82, 2.24) is 5.32 Å². The van der Waals surface area contributed by atoms with E-state index in [-0.39, 0.29) is 16.6 Å². The van der Waals surface area contributed by atoms with Gasteiger partial charge in [0, 0.05) is 10.8 Å². The fourth-order valence-electron chi connectivity index (χ4n) is 2.89. The summed E-state index contributed by atoms with van der Waals surface area (Å²) in [5.41, 5.74) is 2.31. The van der Waals surface area contributed by atoms with Crippen LogP contribution in [0.25, 0.3) is 0 Å². The highest BCUT2D eigenvalue weighted by Gasteiger charge is 2.39. The minimum absolute atomic E-state index is 0.129. The predicted molar refractivity (Wildman–Crippen MR) is 82.3 cm³/mol. The molecule has 0 aliphatic carbocycles. The monoisotopic (exact) mass is 281 g/mol. The number of halogens is 1. The maximum atomic E-state index is 13.6. The average molecular weight is 281 g/mol. The standard InChI is InChI=1S/C16H24FNS/c1-4-9-18-15(16(3)8-5-10-19-16)14-11-13(17)7-6-12(14)2/h6-7,11,15,18H,4-5,8-10H2,1-3H3. The smallest absolute Gasteiger partial charge is 0.123 e. The highest BCUT2D eigenvalue weighted by Crippen LogP contribution is 2.47. The topological polar surface area (TPSA) is 12.0 Å². The molecule has 1 fully saturated rings. The van der Waals surface area contributed by atoms with E-state index < -0.39 is 0 Å². The zero-order valence-corrected chi connectivity index (χ0v) is 12.9. The largest absolute Gasteiger partial charge is 0.309 e. The van der Waals surface area contributed by atoms with Crippen LogP contribution in [-0.4, -0.2) is 17.0 Å². The first-order valence-corrected chi connectivity index (χ1v) is 8.19. The van der Waals surface area contributed by atoms with E-state index in [4.69, 9.17) is 0 Å². The summed E-state index contributed by atoms with van der Waals surface area (Å²) in [6, 6.07) is 5.41. The molecule has 19 heavy (non-hydrogen) atoms. The molecule has 1 aliphatic rings. The lowest BCUT2D eigenvalue weighted by atomic mass is 9.88. The lowest BCUT2D eigenvalue weighted by Crippen LogP contribution is -2.38. The second-order valence-corrected chi connectivity index (χ2v) is 7.28. The normalized spacial score (nSPS) is 24.6. The van der Waals surface area contributed by atoms with Crippen LogP contribution in [0.2, 0.25) is 0 Å². The first-order valence-electron chi connectivity index (χ1n) is 7.20. The molecule has 1 aromatic carbocycles. The molecule has 2 atom stereocenters. The van der Waals surface area contributed by atoms with Crippen molar-refractivity contribution < 1.29 is 4.39 Å². The Balaban J connectivity index is 2.33. The molecular formula is C16H24FNS. The van der Waals surface area contributed by atoms with Crippen molar-refractivity contribution >= 4 is 11.8 Å². The molecule has 2 rings (SSSR count). The van der Waals surface area contributed by atoms with E-state index in [1.54, 1.807) is 12.1 Å². The molecule has 0 radical (unpaired) electrons. The van der Waals surface area contributed by atoms with Crippen molar-refractivity contribution in [2.24, 2.45) is 0 Å². The Morgan fingerprint density at radius 1 is 1.47 bits per heavy atom. The Bertz CT molecular complexity index is 427. The molecule has 0 saturated carbocycles. The maximum absolute atomic E-state index is 13.6. The number of rotatable bonds is 5. The maximum Gasteiger partial charge on any atom is 0.123 e. The Kier molecular flexibility index (Phi) is 4.91. The van der Waals surface area contributed by atoms with E-state index >= 15 is 0 Å². The molecule has 1 nitrogen and oxygen atoms in total. The van der Waals surface area contributed by atoms with Gasteiger partial charge in [0.15, 0.2) is 0 Å². The van der Waals surface area contributed by atoms with Gasteiger partial charge < -0.3 is 5.32 Å². The van der Waals surface area contributed by atoms with Crippen LogP contribution in [0, 0.1) is 12.7 Å². The second-order valence-electron chi connectivity index (χ2n) is 5.65. The van der Waals surface area contributed by atoms with Gasteiger partial charge in [-0.15, -0.1) is 0 Å². The molecule has 106 valence electrons. The lowest BCUT2D eigenvalue weighted by Gasteiger charge is -2.35. The van der Waals surface area contributed by atoms with Gasteiger partial charge in [0.25, 0.3) is 0 Å². The summed E-state index contributed by atoms with van der Waals surface area (Å²) in [7, 11) is 0. The first kappa shape index (κ1) is 14.9. The van der Waals surface area contributed by atoms with E-state index in [0.717, 1.165) is 18.5 Å². The number of benzene rings is 1. The van der Waals surface area contributed by atoms with Crippen LogP contribution in [0.15, 0.2) is 18.2 Å². The summed E-state index contributed by atoms with van der Waals surface area (Å²) >= 11 is 2.03. The van der Waals surface area contributed by atoms with Gasteiger partial charge in [0.05, 0.1) is 0 Å². The number of aryl methyl sites for hydroxylation is 1. The molecule has 1 aromatic rings. The van der Waals surface area contributed by atoms with Crippen molar-refractivity contribution in [2.75, 3.05) is 12.3 Å². The molecule has 0 amide bonds. The molecule has 1 aliphatic heterocycles. The van der Waals surface area contributed by atoms with Gasteiger partial charge in [-0.1, -0.05) is 13.0 Å². The summed E-state index contributed by atoms with van der Waals surface area (Å²) in [4.78, 5) is 0. The molecule has 1 saturated heterocycles. The minimum Gasteiger partial charge on any atom is -0.309 e. The number of hydrogen-bond donors (Lipinski definition) is 1.